The summed E-state index contributed by atoms with van der Waals surface area (Å²) in [6.45, 7) is 4.96. The van der Waals surface area contributed by atoms with E-state index in [4.69, 9.17) is 14.2 Å². The molecule has 3 amide bonds. The second kappa shape index (κ2) is 14.5. The van der Waals surface area contributed by atoms with E-state index in [1.165, 1.54) is 0 Å². The SMILES string of the molecule is C[C@H]1[C@H]([Si](C)(C)F)[C@@H](CCO)O[C@]12C(=O)N(Cc1cccc(N3C(=O)c4ccccc4Oc4ccccc43)c1)c1ccc(N3C(=O)c4ccccc4Oc4ccccc43)cc12. The number of carbonyl (C=O) groups excluding carboxylic acids is 3. The van der Waals surface area contributed by atoms with Gasteiger partial charge in [0.2, 0.25) is 8.41 Å². The zero-order valence-corrected chi connectivity index (χ0v) is 34.7. The first-order valence-corrected chi connectivity index (χ1v) is 23.4. The molecule has 4 atom stereocenters. The van der Waals surface area contributed by atoms with Crippen LogP contribution in [0, 0.1) is 5.92 Å². The van der Waals surface area contributed by atoms with Gasteiger partial charge in [0.05, 0.1) is 40.8 Å². The first-order chi connectivity index (χ1) is 29.5. The Morgan fingerprint density at radius 1 is 0.656 bits per heavy atom. The van der Waals surface area contributed by atoms with Gasteiger partial charge in [-0.3, -0.25) is 24.2 Å². The third-order valence-corrected chi connectivity index (χ3v) is 14.9. The van der Waals surface area contributed by atoms with Gasteiger partial charge in [-0.2, -0.15) is 0 Å². The standard InChI is InChI=1S/C49H42FN3O7Si/c1-30-45(61(2,3)50)44(25-26-54)60-49(30)36-28-33(53-39-18-7-11-22-43(39)59-41-20-9-5-16-35(41)47(53)56)23-24-37(36)51(48(49)57)29-31-13-12-14-32(27-31)52-38-17-6-10-21-42(38)58-40-19-8-4-15-34(40)46(52)55/h4-24,27-28,30,44-45,54H,25-26,29H2,1-3H3/t30-,44+,45-,49+/m0/s1. The van der Waals surface area contributed by atoms with E-state index in [2.05, 4.69) is 0 Å². The molecule has 0 aliphatic carbocycles. The maximum Gasteiger partial charge on any atom is 0.266 e. The summed E-state index contributed by atoms with van der Waals surface area (Å²) in [5.41, 5.74) is 2.44. The molecule has 6 aromatic rings. The predicted octanol–water partition coefficient (Wildman–Crippen LogP) is 10.6. The van der Waals surface area contributed by atoms with Crippen molar-refractivity contribution < 1.29 is 37.8 Å². The van der Waals surface area contributed by atoms with Gasteiger partial charge in [0.15, 0.2) is 17.1 Å². The van der Waals surface area contributed by atoms with Crippen molar-refractivity contribution in [2.45, 2.75) is 50.2 Å². The van der Waals surface area contributed by atoms with Gasteiger partial charge in [-0.05, 0) is 104 Å². The molecule has 10 rings (SSSR count). The molecule has 0 radical (unpaired) electrons. The van der Waals surface area contributed by atoms with Crippen molar-refractivity contribution >= 4 is 54.6 Å². The summed E-state index contributed by atoms with van der Waals surface area (Å²) in [5.74, 6) is 0.290. The zero-order valence-electron chi connectivity index (χ0n) is 33.7. The van der Waals surface area contributed by atoms with Crippen LogP contribution < -0.4 is 24.2 Å². The van der Waals surface area contributed by atoms with E-state index < -0.39 is 31.6 Å². The van der Waals surface area contributed by atoms with Gasteiger partial charge in [-0.25, -0.2) is 0 Å². The number of benzene rings is 6. The topological polar surface area (TPSA) is 109 Å². The fourth-order valence-corrected chi connectivity index (χ4v) is 12.4. The Hall–Kier alpha value is -6.60. The molecule has 0 aromatic heterocycles. The molecule has 1 spiro atoms. The van der Waals surface area contributed by atoms with Gasteiger partial charge in [0, 0.05) is 35.0 Å². The number of fused-ring (bicyclic) bond motifs is 6. The highest BCUT2D eigenvalue weighted by Gasteiger charge is 2.66. The molecule has 61 heavy (non-hydrogen) atoms. The third-order valence-electron chi connectivity index (χ3n) is 12.4. The van der Waals surface area contributed by atoms with E-state index in [1.54, 1.807) is 76.3 Å². The minimum absolute atomic E-state index is 0.0894. The third kappa shape index (κ3) is 6.07. The number of hydrogen-bond donors (Lipinski definition) is 1. The molecule has 10 nitrogen and oxygen atoms in total. The Labute approximate surface area is 353 Å². The number of aliphatic hydroxyl groups excluding tert-OH is 1. The highest BCUT2D eigenvalue weighted by atomic mass is 28.4. The van der Waals surface area contributed by atoms with Crippen LogP contribution in [-0.2, 0) is 21.7 Å². The van der Waals surface area contributed by atoms with Crippen molar-refractivity contribution in [2.24, 2.45) is 5.92 Å². The molecule has 1 fully saturated rings. The maximum atomic E-state index is 16.5. The van der Waals surface area contributed by atoms with Crippen molar-refractivity contribution in [3.8, 4) is 23.0 Å². The Balaban J connectivity index is 1.10. The molecule has 1 N–H and O–H groups in total. The van der Waals surface area contributed by atoms with E-state index >= 15 is 8.90 Å². The van der Waals surface area contributed by atoms with Crippen molar-refractivity contribution in [2.75, 3.05) is 21.3 Å². The molecule has 6 aromatic carbocycles. The highest BCUT2D eigenvalue weighted by Crippen LogP contribution is 2.61. The van der Waals surface area contributed by atoms with E-state index in [-0.39, 0.29) is 37.3 Å². The van der Waals surface area contributed by atoms with Gasteiger partial charge in [0.1, 0.15) is 11.5 Å². The molecule has 4 aliphatic heterocycles. The number of nitrogens with zero attached hydrogens (tertiary/aromatic N) is 3. The van der Waals surface area contributed by atoms with Crippen LogP contribution in [-0.4, -0.2) is 43.9 Å². The van der Waals surface area contributed by atoms with Crippen LogP contribution in [0.4, 0.5) is 32.5 Å². The van der Waals surface area contributed by atoms with E-state index in [9.17, 15) is 14.7 Å². The number of aliphatic hydroxyl groups is 1. The number of anilines is 5. The predicted molar refractivity (Wildman–Crippen MR) is 233 cm³/mol. The number of hydrogen-bond acceptors (Lipinski definition) is 7. The van der Waals surface area contributed by atoms with Gasteiger partial charge in [-0.1, -0.05) is 67.6 Å². The van der Waals surface area contributed by atoms with Crippen LogP contribution in [0.2, 0.25) is 18.6 Å². The summed E-state index contributed by atoms with van der Waals surface area (Å²) < 4.78 is 35.9. The average Bonchev–Trinajstić information content (AvgIpc) is 3.56. The van der Waals surface area contributed by atoms with Crippen LogP contribution in [0.5, 0.6) is 23.0 Å². The smallest absolute Gasteiger partial charge is 0.266 e. The quantitative estimate of drug-likeness (QED) is 0.126. The van der Waals surface area contributed by atoms with Gasteiger partial charge < -0.3 is 28.3 Å². The summed E-state index contributed by atoms with van der Waals surface area (Å²) in [7, 11) is -3.51. The average molecular weight is 832 g/mol. The molecule has 12 heteroatoms. The van der Waals surface area contributed by atoms with Crippen LogP contribution in [0.1, 0.15) is 45.2 Å². The minimum atomic E-state index is -3.51. The molecular formula is C49H42FN3O7Si. The molecule has 0 bridgehead atoms. The normalized spacial score (nSPS) is 21.5. The Kier molecular flexibility index (Phi) is 9.20. The lowest BCUT2D eigenvalue weighted by atomic mass is 9.82. The fraction of sp³-hybridized carbons (Fsp3) is 0.204. The first kappa shape index (κ1) is 38.6. The number of para-hydroxylation sites is 6. The molecule has 4 aliphatic rings. The van der Waals surface area contributed by atoms with Crippen LogP contribution in [0.25, 0.3) is 0 Å². The number of amides is 3. The molecule has 4 heterocycles. The summed E-state index contributed by atoms with van der Waals surface area (Å²) in [5, 5.41) is 10.2. The van der Waals surface area contributed by atoms with Crippen molar-refractivity contribution in [3.05, 3.63) is 162 Å². The maximum absolute atomic E-state index is 16.5. The van der Waals surface area contributed by atoms with Crippen molar-refractivity contribution in [3.63, 3.8) is 0 Å². The highest BCUT2D eigenvalue weighted by molar-refractivity contribution is 6.72. The number of carbonyl (C=O) groups is 3. The summed E-state index contributed by atoms with van der Waals surface area (Å²) in [4.78, 5) is 49.2. The molecule has 1 saturated heterocycles. The lowest BCUT2D eigenvalue weighted by molar-refractivity contribution is -0.146. The second-order valence-corrected chi connectivity index (χ2v) is 20.3. The van der Waals surface area contributed by atoms with Crippen LogP contribution >= 0.6 is 0 Å². The van der Waals surface area contributed by atoms with Gasteiger partial charge in [0.25, 0.3) is 17.7 Å². The Morgan fingerprint density at radius 3 is 1.77 bits per heavy atom. The van der Waals surface area contributed by atoms with E-state index in [1.807, 2.05) is 97.9 Å². The van der Waals surface area contributed by atoms with Crippen molar-refractivity contribution in [1.29, 1.82) is 0 Å². The Bertz CT molecular complexity index is 2770. The van der Waals surface area contributed by atoms with E-state index in [0.717, 1.165) is 5.56 Å². The molecule has 306 valence electrons. The number of rotatable bonds is 7. The fourth-order valence-electron chi connectivity index (χ4n) is 9.84. The summed E-state index contributed by atoms with van der Waals surface area (Å²) >= 11 is 0. The lowest BCUT2D eigenvalue weighted by Gasteiger charge is -2.31. The lowest BCUT2D eigenvalue weighted by Crippen LogP contribution is -2.45. The summed E-state index contributed by atoms with van der Waals surface area (Å²) in [6, 6.07) is 41.7. The van der Waals surface area contributed by atoms with Crippen LogP contribution in [0.15, 0.2) is 140 Å². The molecule has 0 saturated carbocycles. The van der Waals surface area contributed by atoms with E-state index in [0.29, 0.717) is 68.1 Å². The second-order valence-electron chi connectivity index (χ2n) is 16.5. The van der Waals surface area contributed by atoms with Crippen molar-refractivity contribution in [1.82, 2.24) is 0 Å². The van der Waals surface area contributed by atoms with Gasteiger partial charge in [-0.15, -0.1) is 0 Å². The van der Waals surface area contributed by atoms with Crippen LogP contribution in [0.3, 0.4) is 0 Å². The van der Waals surface area contributed by atoms with Gasteiger partial charge >= 0.3 is 0 Å². The monoisotopic (exact) mass is 831 g/mol. The Morgan fingerprint density at radius 2 is 1.20 bits per heavy atom. The summed E-state index contributed by atoms with van der Waals surface area (Å²) in [6.07, 6.45) is -0.568. The first-order valence-electron chi connectivity index (χ1n) is 20.4. The number of halogens is 1. The largest absolute Gasteiger partial charge is 0.454 e. The number of ether oxygens (including phenoxy) is 3. The zero-order chi connectivity index (χ0) is 42.2. The molecular weight excluding hydrogens is 790 g/mol. The molecule has 0 unspecified atom stereocenters. The minimum Gasteiger partial charge on any atom is -0.454 e.